The summed E-state index contributed by atoms with van der Waals surface area (Å²) in [5.41, 5.74) is 1.32. The third-order valence-corrected chi connectivity index (χ3v) is 5.70. The number of hydrogen-bond acceptors (Lipinski definition) is 4. The molecule has 1 aromatic carbocycles. The van der Waals surface area contributed by atoms with Gasteiger partial charge in [-0.3, -0.25) is 9.69 Å². The molecular formula is C20H31N3O2. The van der Waals surface area contributed by atoms with E-state index in [4.69, 9.17) is 4.74 Å². The molecule has 0 atom stereocenters. The SMILES string of the molecule is CN1CCC(CNC(=O)CCc2ccccc2)(N2CCOCC2)CC1. The zero-order valence-electron chi connectivity index (χ0n) is 15.4. The van der Waals surface area contributed by atoms with Gasteiger partial charge in [0.1, 0.15) is 0 Å². The Morgan fingerprint density at radius 2 is 1.80 bits per heavy atom. The maximum absolute atomic E-state index is 12.4. The minimum atomic E-state index is 0.0959. The molecule has 138 valence electrons. The fraction of sp³-hybridized carbons (Fsp3) is 0.650. The Balaban J connectivity index is 1.53. The van der Waals surface area contributed by atoms with Crippen molar-refractivity contribution < 1.29 is 9.53 Å². The van der Waals surface area contributed by atoms with Crippen LogP contribution in [0.5, 0.6) is 0 Å². The molecule has 0 unspecified atom stereocenters. The number of morpholine rings is 1. The number of aryl methyl sites for hydroxylation is 1. The van der Waals surface area contributed by atoms with Gasteiger partial charge in [-0.25, -0.2) is 0 Å². The van der Waals surface area contributed by atoms with Gasteiger partial charge in [0.05, 0.1) is 13.2 Å². The number of nitrogens with zero attached hydrogens (tertiary/aromatic N) is 2. The van der Waals surface area contributed by atoms with Crippen LogP contribution in [0, 0.1) is 0 Å². The number of rotatable bonds is 6. The lowest BCUT2D eigenvalue weighted by molar-refractivity contribution is -0.122. The number of ether oxygens (including phenoxy) is 1. The number of piperidine rings is 1. The maximum atomic E-state index is 12.4. The quantitative estimate of drug-likeness (QED) is 0.849. The Morgan fingerprint density at radius 3 is 2.48 bits per heavy atom. The van der Waals surface area contributed by atoms with Crippen LogP contribution >= 0.6 is 0 Å². The van der Waals surface area contributed by atoms with Crippen molar-refractivity contribution in [2.75, 3.05) is 53.0 Å². The molecule has 1 amide bonds. The Morgan fingerprint density at radius 1 is 1.12 bits per heavy atom. The van der Waals surface area contributed by atoms with Gasteiger partial charge in [0.25, 0.3) is 0 Å². The molecule has 0 aliphatic carbocycles. The molecule has 1 aromatic rings. The first-order chi connectivity index (χ1) is 12.2. The summed E-state index contributed by atoms with van der Waals surface area (Å²) < 4.78 is 5.53. The van der Waals surface area contributed by atoms with Gasteiger partial charge in [-0.2, -0.15) is 0 Å². The second kappa shape index (κ2) is 8.79. The van der Waals surface area contributed by atoms with Crippen LogP contribution in [-0.4, -0.2) is 74.2 Å². The summed E-state index contributed by atoms with van der Waals surface area (Å²) >= 11 is 0. The molecule has 1 N–H and O–H groups in total. The molecule has 0 aromatic heterocycles. The zero-order valence-corrected chi connectivity index (χ0v) is 15.4. The number of hydrogen-bond donors (Lipinski definition) is 1. The van der Waals surface area contributed by atoms with E-state index >= 15 is 0 Å². The van der Waals surface area contributed by atoms with E-state index in [2.05, 4.69) is 34.3 Å². The average molecular weight is 345 g/mol. The summed E-state index contributed by atoms with van der Waals surface area (Å²) in [4.78, 5) is 17.3. The van der Waals surface area contributed by atoms with E-state index in [-0.39, 0.29) is 11.4 Å². The van der Waals surface area contributed by atoms with Gasteiger partial charge in [0, 0.05) is 31.6 Å². The van der Waals surface area contributed by atoms with E-state index in [0.29, 0.717) is 6.42 Å². The van der Waals surface area contributed by atoms with Crippen LogP contribution in [-0.2, 0) is 16.0 Å². The number of nitrogens with one attached hydrogen (secondary N) is 1. The summed E-state index contributed by atoms with van der Waals surface area (Å²) in [6, 6.07) is 10.2. The summed E-state index contributed by atoms with van der Waals surface area (Å²) in [6.07, 6.45) is 3.59. The molecule has 5 nitrogen and oxygen atoms in total. The summed E-state index contributed by atoms with van der Waals surface area (Å²) in [7, 11) is 2.18. The van der Waals surface area contributed by atoms with Crippen LogP contribution in [0.4, 0.5) is 0 Å². The first kappa shape index (κ1) is 18.4. The molecule has 2 aliphatic rings. The van der Waals surface area contributed by atoms with E-state index in [1.807, 2.05) is 18.2 Å². The van der Waals surface area contributed by atoms with Gasteiger partial charge >= 0.3 is 0 Å². The van der Waals surface area contributed by atoms with Gasteiger partial charge < -0.3 is 15.0 Å². The number of carbonyl (C=O) groups excluding carboxylic acids is 1. The first-order valence-corrected chi connectivity index (χ1v) is 9.50. The molecule has 0 radical (unpaired) electrons. The molecule has 3 rings (SSSR count). The lowest BCUT2D eigenvalue weighted by Crippen LogP contribution is -2.62. The average Bonchev–Trinajstić information content (AvgIpc) is 2.68. The smallest absolute Gasteiger partial charge is 0.220 e. The van der Waals surface area contributed by atoms with Crippen LogP contribution in [0.2, 0.25) is 0 Å². The Hall–Kier alpha value is -1.43. The van der Waals surface area contributed by atoms with Crippen molar-refractivity contribution in [2.24, 2.45) is 0 Å². The molecule has 25 heavy (non-hydrogen) atoms. The third kappa shape index (κ3) is 5.03. The minimum absolute atomic E-state index is 0.0959. The van der Waals surface area contributed by atoms with E-state index in [0.717, 1.165) is 65.2 Å². The molecule has 2 heterocycles. The summed E-state index contributed by atoms with van der Waals surface area (Å²) in [5, 5.41) is 3.24. The first-order valence-electron chi connectivity index (χ1n) is 9.50. The van der Waals surface area contributed by atoms with E-state index in [9.17, 15) is 4.79 Å². The molecule has 0 saturated carbocycles. The number of carbonyl (C=O) groups is 1. The lowest BCUT2D eigenvalue weighted by atomic mass is 9.85. The molecule has 2 fully saturated rings. The largest absolute Gasteiger partial charge is 0.379 e. The fourth-order valence-electron chi connectivity index (χ4n) is 3.93. The standard InChI is InChI=1S/C20H31N3O2/c1-22-11-9-20(10-12-22,23-13-15-25-16-14-23)17-21-19(24)8-7-18-5-3-2-4-6-18/h2-6H,7-17H2,1H3,(H,21,24). The highest BCUT2D eigenvalue weighted by Gasteiger charge is 2.39. The highest BCUT2D eigenvalue weighted by Crippen LogP contribution is 2.29. The number of benzene rings is 1. The third-order valence-electron chi connectivity index (χ3n) is 5.70. The minimum Gasteiger partial charge on any atom is -0.379 e. The van der Waals surface area contributed by atoms with Crippen molar-refractivity contribution in [3.05, 3.63) is 35.9 Å². The topological polar surface area (TPSA) is 44.8 Å². The molecule has 5 heteroatoms. The van der Waals surface area contributed by atoms with Crippen molar-refractivity contribution in [3.63, 3.8) is 0 Å². The second-order valence-corrected chi connectivity index (χ2v) is 7.39. The van der Waals surface area contributed by atoms with Gasteiger partial charge in [0.2, 0.25) is 5.91 Å². The van der Waals surface area contributed by atoms with Gasteiger partial charge in [0.15, 0.2) is 0 Å². The van der Waals surface area contributed by atoms with Crippen molar-refractivity contribution in [1.82, 2.24) is 15.1 Å². The highest BCUT2D eigenvalue weighted by atomic mass is 16.5. The molecule has 0 bridgehead atoms. The molecular weight excluding hydrogens is 314 g/mol. The molecule has 2 aliphatic heterocycles. The van der Waals surface area contributed by atoms with Crippen molar-refractivity contribution >= 4 is 5.91 Å². The molecule has 0 spiro atoms. The Kier molecular flexibility index (Phi) is 6.45. The highest BCUT2D eigenvalue weighted by molar-refractivity contribution is 5.76. The van der Waals surface area contributed by atoms with Crippen molar-refractivity contribution in [2.45, 2.75) is 31.2 Å². The zero-order chi connectivity index (χ0) is 17.5. The fourth-order valence-corrected chi connectivity index (χ4v) is 3.93. The predicted octanol–water partition coefficient (Wildman–Crippen LogP) is 1.53. The normalized spacial score (nSPS) is 21.8. The Labute approximate surface area is 151 Å². The lowest BCUT2D eigenvalue weighted by Gasteiger charge is -2.49. The van der Waals surface area contributed by atoms with E-state index in [1.54, 1.807) is 0 Å². The van der Waals surface area contributed by atoms with Crippen LogP contribution in [0.25, 0.3) is 0 Å². The second-order valence-electron chi connectivity index (χ2n) is 7.39. The van der Waals surface area contributed by atoms with Crippen LogP contribution in [0.3, 0.4) is 0 Å². The predicted molar refractivity (Wildman–Crippen MR) is 99.6 cm³/mol. The van der Waals surface area contributed by atoms with Crippen molar-refractivity contribution in [1.29, 1.82) is 0 Å². The van der Waals surface area contributed by atoms with Gasteiger partial charge in [-0.1, -0.05) is 30.3 Å². The monoisotopic (exact) mass is 345 g/mol. The number of likely N-dealkylation sites (tertiary alicyclic amines) is 1. The maximum Gasteiger partial charge on any atom is 0.220 e. The van der Waals surface area contributed by atoms with E-state index in [1.165, 1.54) is 5.56 Å². The van der Waals surface area contributed by atoms with Gasteiger partial charge in [-0.15, -0.1) is 0 Å². The summed E-state index contributed by atoms with van der Waals surface area (Å²) in [5.74, 6) is 0.162. The van der Waals surface area contributed by atoms with E-state index < -0.39 is 0 Å². The summed E-state index contributed by atoms with van der Waals surface area (Å²) in [6.45, 7) is 6.51. The van der Waals surface area contributed by atoms with Crippen molar-refractivity contribution in [3.8, 4) is 0 Å². The number of amides is 1. The van der Waals surface area contributed by atoms with Crippen LogP contribution < -0.4 is 5.32 Å². The van der Waals surface area contributed by atoms with Crippen LogP contribution in [0.1, 0.15) is 24.8 Å². The van der Waals surface area contributed by atoms with Gasteiger partial charge in [-0.05, 0) is 45.0 Å². The Bertz CT molecular complexity index is 535. The molecule has 2 saturated heterocycles. The van der Waals surface area contributed by atoms with Crippen LogP contribution in [0.15, 0.2) is 30.3 Å².